The number of pyridine rings is 1. The third-order valence-electron chi connectivity index (χ3n) is 1.53. The van der Waals surface area contributed by atoms with Gasteiger partial charge in [0.15, 0.2) is 5.82 Å². The summed E-state index contributed by atoms with van der Waals surface area (Å²) in [4.78, 5) is 3.45. The molecule has 1 heterocycles. The summed E-state index contributed by atoms with van der Waals surface area (Å²) in [6.07, 6.45) is -2.98. The van der Waals surface area contributed by atoms with Crippen LogP contribution in [0.1, 0.15) is 23.4 Å². The Balaban J connectivity index is 3.36. The highest BCUT2D eigenvalue weighted by Crippen LogP contribution is 2.24. The van der Waals surface area contributed by atoms with Crippen LogP contribution in [-0.4, -0.2) is 4.98 Å². The largest absolute Gasteiger partial charge is 0.266 e. The van der Waals surface area contributed by atoms with Gasteiger partial charge in [0.2, 0.25) is 0 Å². The van der Waals surface area contributed by atoms with Gasteiger partial charge in [0.05, 0.1) is 17.1 Å². The monoisotopic (exact) mass is 220 g/mol. The molecule has 2 nitrogen and oxygen atoms in total. The maximum atomic E-state index is 13.1. The van der Waals surface area contributed by atoms with Crippen molar-refractivity contribution in [2.24, 2.45) is 0 Å². The fourth-order valence-electron chi connectivity index (χ4n) is 0.909. The summed E-state index contributed by atoms with van der Waals surface area (Å²) in [5, 5.41) is 8.43. The molecule has 0 saturated carbocycles. The Bertz CT molecular complexity index is 387. The van der Waals surface area contributed by atoms with Crippen LogP contribution in [0.15, 0.2) is 6.07 Å². The first-order chi connectivity index (χ1) is 6.60. The van der Waals surface area contributed by atoms with E-state index in [1.54, 1.807) is 6.07 Å². The highest BCUT2D eigenvalue weighted by Gasteiger charge is 2.18. The van der Waals surface area contributed by atoms with E-state index in [-0.39, 0.29) is 17.3 Å². The van der Waals surface area contributed by atoms with Crippen LogP contribution in [0.5, 0.6) is 0 Å². The van der Waals surface area contributed by atoms with E-state index >= 15 is 0 Å². The summed E-state index contributed by atoms with van der Waals surface area (Å²) in [6, 6.07) is 2.27. The normalized spacial score (nSPS) is 10.3. The first kappa shape index (κ1) is 10.8. The molecule has 0 bridgehead atoms. The van der Waals surface area contributed by atoms with E-state index < -0.39 is 17.8 Å². The molecule has 0 N–H and O–H groups in total. The van der Waals surface area contributed by atoms with Crippen molar-refractivity contribution in [1.82, 2.24) is 4.98 Å². The molecule has 0 aliphatic rings. The van der Waals surface area contributed by atoms with Crippen molar-refractivity contribution in [3.05, 3.63) is 28.8 Å². The molecule has 1 aromatic heterocycles. The van der Waals surface area contributed by atoms with Crippen molar-refractivity contribution in [2.75, 3.05) is 0 Å². The van der Waals surface area contributed by atoms with Crippen LogP contribution < -0.4 is 0 Å². The Hall–Kier alpha value is -1.28. The molecule has 0 aromatic carbocycles. The maximum Gasteiger partial charge on any atom is 0.266 e. The Morgan fingerprint density at radius 3 is 2.64 bits per heavy atom. The van der Waals surface area contributed by atoms with Gasteiger partial charge >= 0.3 is 0 Å². The lowest BCUT2D eigenvalue weighted by atomic mass is 10.2. The van der Waals surface area contributed by atoms with Gasteiger partial charge in [-0.25, -0.2) is 18.2 Å². The Labute approximate surface area is 82.9 Å². The van der Waals surface area contributed by atoms with Crippen LogP contribution in [0.4, 0.5) is 13.2 Å². The highest BCUT2D eigenvalue weighted by molar-refractivity contribution is 6.16. The van der Waals surface area contributed by atoms with Gasteiger partial charge in [0.25, 0.3) is 6.43 Å². The van der Waals surface area contributed by atoms with E-state index in [1.165, 1.54) is 0 Å². The van der Waals surface area contributed by atoms with Gasteiger partial charge in [0, 0.05) is 0 Å². The summed E-state index contributed by atoms with van der Waals surface area (Å²) in [6.45, 7) is 0. The average Bonchev–Trinajstić information content (AvgIpc) is 2.17. The van der Waals surface area contributed by atoms with Gasteiger partial charge in [-0.3, -0.25) is 0 Å². The zero-order chi connectivity index (χ0) is 10.7. The van der Waals surface area contributed by atoms with E-state index in [4.69, 9.17) is 16.9 Å². The quantitative estimate of drug-likeness (QED) is 0.719. The van der Waals surface area contributed by atoms with E-state index in [0.29, 0.717) is 0 Å². The van der Waals surface area contributed by atoms with Crippen LogP contribution in [0.25, 0.3) is 0 Å². The number of rotatable bonds is 2. The lowest BCUT2D eigenvalue weighted by molar-refractivity contribution is 0.146. The predicted molar refractivity (Wildman–Crippen MR) is 43.4 cm³/mol. The van der Waals surface area contributed by atoms with E-state index in [9.17, 15) is 13.2 Å². The topological polar surface area (TPSA) is 36.7 Å². The Kier molecular flexibility index (Phi) is 3.31. The van der Waals surface area contributed by atoms with Crippen LogP contribution in [0.3, 0.4) is 0 Å². The molecular weight excluding hydrogens is 217 g/mol. The molecule has 0 radical (unpaired) electrons. The lowest BCUT2D eigenvalue weighted by Crippen LogP contribution is -2.01. The van der Waals surface area contributed by atoms with Crippen molar-refractivity contribution in [3.8, 4) is 6.07 Å². The number of aromatic nitrogens is 1. The van der Waals surface area contributed by atoms with Gasteiger partial charge in [-0.15, -0.1) is 11.6 Å². The van der Waals surface area contributed by atoms with Crippen molar-refractivity contribution in [1.29, 1.82) is 5.26 Å². The molecule has 0 unspecified atom stereocenters. The van der Waals surface area contributed by atoms with Crippen LogP contribution in [0.2, 0.25) is 0 Å². The summed E-state index contributed by atoms with van der Waals surface area (Å²) in [7, 11) is 0. The fraction of sp³-hybridized carbons (Fsp3) is 0.250. The highest BCUT2D eigenvalue weighted by atomic mass is 35.5. The summed E-state index contributed by atoms with van der Waals surface area (Å²) < 4.78 is 37.6. The smallest absolute Gasteiger partial charge is 0.238 e. The molecule has 74 valence electrons. The average molecular weight is 221 g/mol. The second kappa shape index (κ2) is 4.29. The Morgan fingerprint density at radius 1 is 1.57 bits per heavy atom. The van der Waals surface area contributed by atoms with Crippen LogP contribution in [-0.2, 0) is 5.88 Å². The standard InChI is InChI=1S/C8H4ClF3N2/c9-2-6-7(10)5(8(11)12)1-4(3-13)14-6/h1,8H,2H2. The van der Waals surface area contributed by atoms with Gasteiger partial charge in [-0.05, 0) is 6.07 Å². The van der Waals surface area contributed by atoms with Crippen LogP contribution in [0, 0.1) is 17.1 Å². The summed E-state index contributed by atoms with van der Waals surface area (Å²) in [5.74, 6) is -1.49. The molecule has 0 spiro atoms. The zero-order valence-electron chi connectivity index (χ0n) is 6.77. The fourth-order valence-corrected chi connectivity index (χ4v) is 1.09. The minimum atomic E-state index is -2.98. The minimum absolute atomic E-state index is 0.266. The first-order valence-corrected chi connectivity index (χ1v) is 4.07. The molecule has 0 amide bonds. The van der Waals surface area contributed by atoms with Crippen molar-refractivity contribution >= 4 is 11.6 Å². The molecule has 0 fully saturated rings. The number of alkyl halides is 3. The van der Waals surface area contributed by atoms with Gasteiger partial charge < -0.3 is 0 Å². The van der Waals surface area contributed by atoms with E-state index in [2.05, 4.69) is 4.98 Å². The SMILES string of the molecule is N#Cc1cc(C(F)F)c(F)c(CCl)n1. The molecule has 0 aliphatic heterocycles. The van der Waals surface area contributed by atoms with Crippen molar-refractivity contribution in [2.45, 2.75) is 12.3 Å². The van der Waals surface area contributed by atoms with E-state index in [0.717, 1.165) is 6.07 Å². The predicted octanol–water partition coefficient (Wildman–Crippen LogP) is 2.77. The number of nitriles is 1. The third kappa shape index (κ3) is 1.96. The first-order valence-electron chi connectivity index (χ1n) is 3.53. The number of halogens is 4. The van der Waals surface area contributed by atoms with Gasteiger partial charge in [-0.1, -0.05) is 0 Å². The van der Waals surface area contributed by atoms with Gasteiger partial charge in [-0.2, -0.15) is 5.26 Å². The zero-order valence-corrected chi connectivity index (χ0v) is 7.52. The number of hydrogen-bond donors (Lipinski definition) is 0. The summed E-state index contributed by atoms with van der Waals surface area (Å²) in [5.41, 5.74) is -1.44. The molecule has 0 atom stereocenters. The molecule has 14 heavy (non-hydrogen) atoms. The van der Waals surface area contributed by atoms with Crippen molar-refractivity contribution < 1.29 is 13.2 Å². The molecule has 1 aromatic rings. The second-order valence-electron chi connectivity index (χ2n) is 2.40. The molecule has 1 rings (SSSR count). The molecule has 0 aliphatic carbocycles. The second-order valence-corrected chi connectivity index (χ2v) is 2.67. The van der Waals surface area contributed by atoms with Crippen molar-refractivity contribution in [3.63, 3.8) is 0 Å². The number of hydrogen-bond acceptors (Lipinski definition) is 2. The summed E-state index contributed by atoms with van der Waals surface area (Å²) >= 11 is 5.28. The molecule has 0 saturated heterocycles. The van der Waals surface area contributed by atoms with Crippen LogP contribution >= 0.6 is 11.6 Å². The van der Waals surface area contributed by atoms with Gasteiger partial charge in [0.1, 0.15) is 11.8 Å². The maximum absolute atomic E-state index is 13.1. The van der Waals surface area contributed by atoms with E-state index in [1.807, 2.05) is 0 Å². The third-order valence-corrected chi connectivity index (χ3v) is 1.78. The lowest BCUT2D eigenvalue weighted by Gasteiger charge is -2.05. The molecular formula is C8H4ClF3N2. The minimum Gasteiger partial charge on any atom is -0.238 e. The Morgan fingerprint density at radius 2 is 2.21 bits per heavy atom. The molecule has 6 heteroatoms. The number of nitrogens with zero attached hydrogens (tertiary/aromatic N) is 2.